The van der Waals surface area contributed by atoms with Crippen molar-refractivity contribution in [3.63, 3.8) is 0 Å². The smallest absolute Gasteiger partial charge is 0.258 e. The maximum atomic E-state index is 12.1. The van der Waals surface area contributed by atoms with Gasteiger partial charge in [-0.05, 0) is 18.6 Å². The van der Waals surface area contributed by atoms with Crippen molar-refractivity contribution < 1.29 is 5.11 Å². The summed E-state index contributed by atoms with van der Waals surface area (Å²) in [5.41, 5.74) is 2.21. The lowest BCUT2D eigenvalue weighted by molar-refractivity contribution is 0.298. The van der Waals surface area contributed by atoms with E-state index >= 15 is 0 Å². The zero-order valence-electron chi connectivity index (χ0n) is 11.6. The molecule has 2 aromatic heterocycles. The number of H-pyrrole nitrogens is 1. The first-order chi connectivity index (χ1) is 10.2. The number of aliphatic hydroxyl groups excluding tert-OH is 1. The molecule has 0 radical (unpaired) electrons. The Morgan fingerprint density at radius 3 is 3.05 bits per heavy atom. The quantitative estimate of drug-likeness (QED) is 0.723. The monoisotopic (exact) mass is 285 g/mol. The fraction of sp³-hybridized carbons (Fsp3) is 0.286. The summed E-state index contributed by atoms with van der Waals surface area (Å²) in [5.74, 6) is 0.530. The lowest BCUT2D eigenvalue weighted by Crippen LogP contribution is -2.15. The van der Waals surface area contributed by atoms with E-state index in [4.69, 9.17) is 5.11 Å². The molecule has 7 nitrogen and oxygen atoms in total. The fourth-order valence-electron chi connectivity index (χ4n) is 2.23. The van der Waals surface area contributed by atoms with Gasteiger partial charge in [-0.2, -0.15) is 0 Å². The molecule has 0 atom stereocenters. The number of nitrogens with zero attached hydrogens (tertiary/aromatic N) is 4. The molecule has 1 aromatic carbocycles. The maximum absolute atomic E-state index is 12.1. The van der Waals surface area contributed by atoms with E-state index in [1.54, 1.807) is 16.9 Å². The van der Waals surface area contributed by atoms with Gasteiger partial charge in [0.15, 0.2) is 0 Å². The Morgan fingerprint density at radius 1 is 1.38 bits per heavy atom. The molecular weight excluding hydrogens is 270 g/mol. The summed E-state index contributed by atoms with van der Waals surface area (Å²) in [6.07, 6.45) is 2.19. The van der Waals surface area contributed by atoms with Crippen LogP contribution in [0.5, 0.6) is 0 Å². The molecule has 0 amide bonds. The van der Waals surface area contributed by atoms with Crippen LogP contribution in [-0.4, -0.2) is 36.7 Å². The Labute approximate surface area is 120 Å². The lowest BCUT2D eigenvalue weighted by atomic mass is 10.1. The van der Waals surface area contributed by atoms with Gasteiger partial charge in [-0.1, -0.05) is 17.3 Å². The van der Waals surface area contributed by atoms with Crippen LogP contribution in [0.4, 0.5) is 0 Å². The number of aliphatic hydroxyl groups is 1. The Bertz CT molecular complexity index is 837. The van der Waals surface area contributed by atoms with Gasteiger partial charge in [0.25, 0.3) is 5.56 Å². The molecule has 108 valence electrons. The van der Waals surface area contributed by atoms with E-state index in [2.05, 4.69) is 20.3 Å². The first-order valence-electron chi connectivity index (χ1n) is 6.66. The minimum atomic E-state index is -0.158. The largest absolute Gasteiger partial charge is 0.396 e. The molecule has 2 N–H and O–H groups in total. The van der Waals surface area contributed by atoms with Gasteiger partial charge in [-0.15, -0.1) is 5.10 Å². The van der Waals surface area contributed by atoms with Crippen molar-refractivity contribution in [3.05, 3.63) is 51.8 Å². The molecule has 2 heterocycles. The average molecular weight is 285 g/mol. The highest BCUT2D eigenvalue weighted by Crippen LogP contribution is 2.12. The van der Waals surface area contributed by atoms with Crippen molar-refractivity contribution in [1.29, 1.82) is 0 Å². The molecular formula is C14H15N5O2. The van der Waals surface area contributed by atoms with E-state index in [1.807, 2.05) is 19.1 Å². The Balaban J connectivity index is 1.97. The molecule has 0 aliphatic rings. The summed E-state index contributed by atoms with van der Waals surface area (Å²) in [7, 11) is 0. The van der Waals surface area contributed by atoms with Crippen LogP contribution in [-0.2, 0) is 13.0 Å². The number of aromatic nitrogens is 5. The standard InChI is InChI=1S/C14H15N5O2/c1-9-3-2-4-11-13(9)15-12(16-14(11)21)8-19-7-10(5-6-20)17-18-19/h2-4,7,20H,5-6,8H2,1H3,(H,15,16,21). The number of fused-ring (bicyclic) bond motifs is 1. The van der Waals surface area contributed by atoms with Crippen molar-refractivity contribution in [2.75, 3.05) is 6.61 Å². The summed E-state index contributed by atoms with van der Waals surface area (Å²) in [6, 6.07) is 5.52. The molecule has 0 fully saturated rings. The second-order valence-corrected chi connectivity index (χ2v) is 4.86. The van der Waals surface area contributed by atoms with E-state index in [0.29, 0.717) is 35.4 Å². The van der Waals surface area contributed by atoms with Gasteiger partial charge < -0.3 is 10.1 Å². The van der Waals surface area contributed by atoms with Gasteiger partial charge >= 0.3 is 0 Å². The van der Waals surface area contributed by atoms with E-state index < -0.39 is 0 Å². The molecule has 3 aromatic rings. The Kier molecular flexibility index (Phi) is 3.49. The van der Waals surface area contributed by atoms with Crippen LogP contribution in [0, 0.1) is 6.92 Å². The van der Waals surface area contributed by atoms with Crippen molar-refractivity contribution in [1.82, 2.24) is 25.0 Å². The Morgan fingerprint density at radius 2 is 2.24 bits per heavy atom. The van der Waals surface area contributed by atoms with Gasteiger partial charge in [-0.25, -0.2) is 9.67 Å². The number of benzene rings is 1. The van der Waals surface area contributed by atoms with Crippen LogP contribution >= 0.6 is 0 Å². The van der Waals surface area contributed by atoms with E-state index in [9.17, 15) is 4.79 Å². The highest BCUT2D eigenvalue weighted by atomic mass is 16.3. The van der Waals surface area contributed by atoms with E-state index in [-0.39, 0.29) is 12.2 Å². The molecule has 0 aliphatic heterocycles. The average Bonchev–Trinajstić information content (AvgIpc) is 2.88. The van der Waals surface area contributed by atoms with Crippen LogP contribution in [0.25, 0.3) is 10.9 Å². The molecule has 21 heavy (non-hydrogen) atoms. The zero-order chi connectivity index (χ0) is 14.8. The number of para-hydroxylation sites is 1. The molecule has 0 unspecified atom stereocenters. The third-order valence-corrected chi connectivity index (χ3v) is 3.25. The highest BCUT2D eigenvalue weighted by molar-refractivity contribution is 5.80. The minimum Gasteiger partial charge on any atom is -0.396 e. The SMILES string of the molecule is Cc1cccc2c(=O)[nH]c(Cn3cc(CCO)nn3)nc12. The predicted octanol–water partition coefficient (Wildman–Crippen LogP) is 0.406. The molecule has 0 bridgehead atoms. The van der Waals surface area contributed by atoms with Crippen LogP contribution < -0.4 is 5.56 Å². The van der Waals surface area contributed by atoms with Gasteiger partial charge in [0.1, 0.15) is 12.4 Å². The number of aryl methyl sites for hydroxylation is 1. The number of nitrogens with one attached hydrogen (secondary N) is 1. The van der Waals surface area contributed by atoms with Gasteiger partial charge in [0, 0.05) is 19.2 Å². The number of aromatic amines is 1. The van der Waals surface area contributed by atoms with E-state index in [1.165, 1.54) is 0 Å². The second-order valence-electron chi connectivity index (χ2n) is 4.86. The van der Waals surface area contributed by atoms with Gasteiger partial charge in [0.2, 0.25) is 0 Å². The first kappa shape index (κ1) is 13.4. The summed E-state index contributed by atoms with van der Waals surface area (Å²) in [4.78, 5) is 19.3. The first-order valence-corrected chi connectivity index (χ1v) is 6.66. The van der Waals surface area contributed by atoms with Crippen LogP contribution in [0.2, 0.25) is 0 Å². The van der Waals surface area contributed by atoms with Gasteiger partial charge in [0.05, 0.1) is 16.6 Å². The Hall–Kier alpha value is -2.54. The maximum Gasteiger partial charge on any atom is 0.258 e. The van der Waals surface area contributed by atoms with E-state index in [0.717, 1.165) is 5.56 Å². The second kappa shape index (κ2) is 5.45. The minimum absolute atomic E-state index is 0.0307. The summed E-state index contributed by atoms with van der Waals surface area (Å²) in [5, 5.41) is 17.3. The third kappa shape index (κ3) is 2.68. The summed E-state index contributed by atoms with van der Waals surface area (Å²) >= 11 is 0. The number of rotatable bonds is 4. The molecule has 0 saturated carbocycles. The molecule has 0 aliphatic carbocycles. The van der Waals surface area contributed by atoms with Crippen molar-refractivity contribution in [2.45, 2.75) is 19.9 Å². The number of hydrogen-bond donors (Lipinski definition) is 2. The van der Waals surface area contributed by atoms with Gasteiger partial charge in [-0.3, -0.25) is 4.79 Å². The highest BCUT2D eigenvalue weighted by Gasteiger charge is 2.07. The van der Waals surface area contributed by atoms with Crippen LogP contribution in [0.3, 0.4) is 0 Å². The topological polar surface area (TPSA) is 96.7 Å². The molecule has 0 saturated heterocycles. The summed E-state index contributed by atoms with van der Waals surface area (Å²) in [6.45, 7) is 2.29. The predicted molar refractivity (Wildman–Crippen MR) is 77.0 cm³/mol. The third-order valence-electron chi connectivity index (χ3n) is 3.25. The fourth-order valence-corrected chi connectivity index (χ4v) is 2.23. The van der Waals surface area contributed by atoms with Crippen LogP contribution in [0.15, 0.2) is 29.2 Å². The van der Waals surface area contributed by atoms with Crippen LogP contribution in [0.1, 0.15) is 17.1 Å². The normalized spacial score (nSPS) is 11.1. The van der Waals surface area contributed by atoms with Crippen molar-refractivity contribution in [2.24, 2.45) is 0 Å². The lowest BCUT2D eigenvalue weighted by Gasteiger charge is -2.04. The van der Waals surface area contributed by atoms with Crippen molar-refractivity contribution in [3.8, 4) is 0 Å². The summed E-state index contributed by atoms with van der Waals surface area (Å²) < 4.78 is 1.59. The molecule has 3 rings (SSSR count). The molecule has 0 spiro atoms. The molecule has 7 heteroatoms. The zero-order valence-corrected chi connectivity index (χ0v) is 11.6. The van der Waals surface area contributed by atoms with Crippen molar-refractivity contribution >= 4 is 10.9 Å². The number of hydrogen-bond acceptors (Lipinski definition) is 5.